The zero-order valence-electron chi connectivity index (χ0n) is 10.4. The van der Waals surface area contributed by atoms with E-state index in [1.165, 1.54) is 44.5 Å². The molecule has 1 fully saturated rings. The van der Waals surface area contributed by atoms with E-state index in [-0.39, 0.29) is 0 Å². The Balaban J connectivity index is 2.17. The summed E-state index contributed by atoms with van der Waals surface area (Å²) in [5, 5.41) is 3.48. The average molecular weight is 210 g/mol. The normalized spacial score (nSPS) is 21.9. The van der Waals surface area contributed by atoms with Gasteiger partial charge < -0.3 is 5.32 Å². The van der Waals surface area contributed by atoms with Crippen LogP contribution in [-0.4, -0.2) is 37.6 Å². The van der Waals surface area contributed by atoms with E-state index in [1.54, 1.807) is 0 Å². The molecular weight excluding hydrogens is 184 g/mol. The van der Waals surface area contributed by atoms with Gasteiger partial charge in [0.2, 0.25) is 0 Å². The molecule has 2 heteroatoms. The molecule has 0 saturated carbocycles. The molecule has 1 atom stereocenters. The predicted molar refractivity (Wildman–Crippen MR) is 67.1 cm³/mol. The van der Waals surface area contributed by atoms with Crippen molar-refractivity contribution in [3.8, 4) is 0 Å². The molecule has 1 rings (SSSR count). The highest BCUT2D eigenvalue weighted by Crippen LogP contribution is 2.14. The van der Waals surface area contributed by atoms with Crippen molar-refractivity contribution in [3.05, 3.63) is 12.2 Å². The second kappa shape index (κ2) is 7.02. The molecule has 1 unspecified atom stereocenters. The molecule has 0 aromatic carbocycles. The van der Waals surface area contributed by atoms with E-state index in [2.05, 4.69) is 30.6 Å². The fourth-order valence-electron chi connectivity index (χ4n) is 2.27. The SMILES string of the molecule is C=C(C)CN(CC)CCC1CCCNC1. The molecule has 15 heavy (non-hydrogen) atoms. The smallest absolute Gasteiger partial charge is 0.0187 e. The summed E-state index contributed by atoms with van der Waals surface area (Å²) in [6.07, 6.45) is 4.11. The highest BCUT2D eigenvalue weighted by Gasteiger charge is 2.13. The Morgan fingerprint density at radius 3 is 2.87 bits per heavy atom. The number of hydrogen-bond donors (Lipinski definition) is 1. The molecular formula is C13H26N2. The summed E-state index contributed by atoms with van der Waals surface area (Å²) < 4.78 is 0. The standard InChI is InChI=1S/C13H26N2/c1-4-15(11-12(2)3)9-7-13-6-5-8-14-10-13/h13-14H,2,4-11H2,1,3H3. The van der Waals surface area contributed by atoms with E-state index < -0.39 is 0 Å². The Bertz CT molecular complexity index is 183. The minimum absolute atomic E-state index is 0.901. The number of nitrogens with zero attached hydrogens (tertiary/aromatic N) is 1. The van der Waals surface area contributed by atoms with Crippen LogP contribution in [0.4, 0.5) is 0 Å². The van der Waals surface area contributed by atoms with Crippen molar-refractivity contribution in [2.45, 2.75) is 33.1 Å². The van der Waals surface area contributed by atoms with Crippen molar-refractivity contribution in [3.63, 3.8) is 0 Å². The van der Waals surface area contributed by atoms with Gasteiger partial charge in [-0.3, -0.25) is 4.90 Å². The van der Waals surface area contributed by atoms with Gasteiger partial charge in [0.1, 0.15) is 0 Å². The maximum Gasteiger partial charge on any atom is 0.0187 e. The number of rotatable bonds is 6. The first-order valence-corrected chi connectivity index (χ1v) is 6.29. The molecule has 0 aromatic rings. The molecule has 88 valence electrons. The van der Waals surface area contributed by atoms with E-state index in [9.17, 15) is 0 Å². The fraction of sp³-hybridized carbons (Fsp3) is 0.846. The third-order valence-corrected chi connectivity index (χ3v) is 3.19. The van der Waals surface area contributed by atoms with Gasteiger partial charge in [-0.05, 0) is 58.3 Å². The second-order valence-corrected chi connectivity index (χ2v) is 4.83. The molecule has 0 amide bonds. The number of nitrogens with one attached hydrogen (secondary N) is 1. The summed E-state index contributed by atoms with van der Waals surface area (Å²) >= 11 is 0. The first-order chi connectivity index (χ1) is 7.22. The van der Waals surface area contributed by atoms with E-state index in [1.807, 2.05) is 0 Å². The number of piperidine rings is 1. The fourth-order valence-corrected chi connectivity index (χ4v) is 2.27. The van der Waals surface area contributed by atoms with Crippen LogP contribution in [0, 0.1) is 5.92 Å². The Morgan fingerprint density at radius 1 is 1.53 bits per heavy atom. The summed E-state index contributed by atoms with van der Waals surface area (Å²) in [6, 6.07) is 0. The van der Waals surface area contributed by atoms with Gasteiger partial charge in [-0.2, -0.15) is 0 Å². The Kier molecular flexibility index (Phi) is 5.96. The van der Waals surface area contributed by atoms with Crippen LogP contribution >= 0.6 is 0 Å². The van der Waals surface area contributed by atoms with Gasteiger partial charge in [0.25, 0.3) is 0 Å². The minimum Gasteiger partial charge on any atom is -0.316 e. The maximum atomic E-state index is 3.98. The highest BCUT2D eigenvalue weighted by molar-refractivity contribution is 4.91. The lowest BCUT2D eigenvalue weighted by Crippen LogP contribution is -2.33. The summed E-state index contributed by atoms with van der Waals surface area (Å²) in [5.74, 6) is 0.901. The van der Waals surface area contributed by atoms with Crippen LogP contribution < -0.4 is 5.32 Å². The average Bonchev–Trinajstić information content (AvgIpc) is 2.25. The molecule has 1 aliphatic heterocycles. The molecule has 1 N–H and O–H groups in total. The van der Waals surface area contributed by atoms with Crippen LogP contribution in [0.1, 0.15) is 33.1 Å². The first kappa shape index (κ1) is 12.7. The van der Waals surface area contributed by atoms with E-state index in [4.69, 9.17) is 0 Å². The van der Waals surface area contributed by atoms with Crippen molar-refractivity contribution >= 4 is 0 Å². The number of hydrogen-bond acceptors (Lipinski definition) is 2. The van der Waals surface area contributed by atoms with Gasteiger partial charge in [0.15, 0.2) is 0 Å². The molecule has 0 bridgehead atoms. The second-order valence-electron chi connectivity index (χ2n) is 4.83. The van der Waals surface area contributed by atoms with Gasteiger partial charge in [-0.25, -0.2) is 0 Å². The highest BCUT2D eigenvalue weighted by atomic mass is 15.1. The monoisotopic (exact) mass is 210 g/mol. The van der Waals surface area contributed by atoms with Gasteiger partial charge in [-0.1, -0.05) is 19.1 Å². The van der Waals surface area contributed by atoms with Crippen molar-refractivity contribution in [2.24, 2.45) is 5.92 Å². The molecule has 1 saturated heterocycles. The largest absolute Gasteiger partial charge is 0.316 e. The third kappa shape index (κ3) is 5.33. The Hall–Kier alpha value is -0.340. The van der Waals surface area contributed by atoms with Crippen LogP contribution in [0.15, 0.2) is 12.2 Å². The lowest BCUT2D eigenvalue weighted by Gasteiger charge is -2.26. The van der Waals surface area contributed by atoms with Crippen LogP contribution in [-0.2, 0) is 0 Å². The van der Waals surface area contributed by atoms with Crippen molar-refractivity contribution < 1.29 is 0 Å². The molecule has 0 radical (unpaired) electrons. The Labute approximate surface area is 94.7 Å². The first-order valence-electron chi connectivity index (χ1n) is 6.29. The van der Waals surface area contributed by atoms with Crippen LogP contribution in [0.2, 0.25) is 0 Å². The van der Waals surface area contributed by atoms with E-state index >= 15 is 0 Å². The van der Waals surface area contributed by atoms with Gasteiger partial charge in [-0.15, -0.1) is 0 Å². The molecule has 0 spiro atoms. The molecule has 0 aromatic heterocycles. The summed E-state index contributed by atoms with van der Waals surface area (Å²) in [7, 11) is 0. The topological polar surface area (TPSA) is 15.3 Å². The molecule has 2 nitrogen and oxygen atoms in total. The van der Waals surface area contributed by atoms with Crippen LogP contribution in [0.25, 0.3) is 0 Å². The van der Waals surface area contributed by atoms with Gasteiger partial charge >= 0.3 is 0 Å². The number of likely N-dealkylation sites (N-methyl/N-ethyl adjacent to an activating group) is 1. The lowest BCUT2D eigenvalue weighted by molar-refractivity contribution is 0.260. The van der Waals surface area contributed by atoms with Crippen LogP contribution in [0.5, 0.6) is 0 Å². The molecule has 0 aliphatic carbocycles. The minimum atomic E-state index is 0.901. The van der Waals surface area contributed by atoms with E-state index in [0.717, 1.165) is 19.0 Å². The molecule has 1 aliphatic rings. The summed E-state index contributed by atoms with van der Waals surface area (Å²) in [6.45, 7) is 14.2. The Morgan fingerprint density at radius 2 is 2.33 bits per heavy atom. The molecule has 1 heterocycles. The van der Waals surface area contributed by atoms with Crippen molar-refractivity contribution in [2.75, 3.05) is 32.7 Å². The zero-order chi connectivity index (χ0) is 11.1. The zero-order valence-corrected chi connectivity index (χ0v) is 10.4. The van der Waals surface area contributed by atoms with E-state index in [0.29, 0.717) is 0 Å². The van der Waals surface area contributed by atoms with Crippen molar-refractivity contribution in [1.29, 1.82) is 0 Å². The van der Waals surface area contributed by atoms with Crippen molar-refractivity contribution in [1.82, 2.24) is 10.2 Å². The van der Waals surface area contributed by atoms with Gasteiger partial charge in [0, 0.05) is 6.54 Å². The van der Waals surface area contributed by atoms with Gasteiger partial charge in [0.05, 0.1) is 0 Å². The maximum absolute atomic E-state index is 3.98. The quantitative estimate of drug-likeness (QED) is 0.677. The third-order valence-electron chi connectivity index (χ3n) is 3.19. The lowest BCUT2D eigenvalue weighted by atomic mass is 9.96. The summed E-state index contributed by atoms with van der Waals surface area (Å²) in [5.41, 5.74) is 1.28. The predicted octanol–water partition coefficient (Wildman–Crippen LogP) is 2.27. The summed E-state index contributed by atoms with van der Waals surface area (Å²) in [4.78, 5) is 2.50. The van der Waals surface area contributed by atoms with Crippen LogP contribution in [0.3, 0.4) is 0 Å².